The Hall–Kier alpha value is -3.37. The van der Waals surface area contributed by atoms with Gasteiger partial charge in [-0.15, -0.1) is 5.10 Å². The summed E-state index contributed by atoms with van der Waals surface area (Å²) in [5.74, 6) is -1.83. The van der Waals surface area contributed by atoms with Crippen molar-refractivity contribution >= 4 is 52.6 Å². The van der Waals surface area contributed by atoms with Gasteiger partial charge in [0.05, 0.1) is 24.1 Å². The number of carboxylic acids is 1. The molecule has 1 heterocycles. The molecule has 0 aromatic heterocycles. The normalized spacial score (nSPS) is 17.0. The number of benzene rings is 2. The lowest BCUT2D eigenvalue weighted by atomic mass is 10.2. The molecule has 0 spiro atoms. The van der Waals surface area contributed by atoms with Crippen molar-refractivity contribution in [2.45, 2.75) is 11.7 Å². The van der Waals surface area contributed by atoms with Crippen molar-refractivity contribution in [3.05, 3.63) is 58.6 Å². The molecule has 31 heavy (non-hydrogen) atoms. The van der Waals surface area contributed by atoms with Crippen LogP contribution >= 0.6 is 23.4 Å². The van der Waals surface area contributed by atoms with Crippen molar-refractivity contribution in [2.75, 3.05) is 7.11 Å². The molecule has 1 aliphatic rings. The molecule has 0 aliphatic carbocycles. The third-order valence-electron chi connectivity index (χ3n) is 3.95. The highest BCUT2D eigenvalue weighted by Gasteiger charge is 2.30. The van der Waals surface area contributed by atoms with Gasteiger partial charge in [0.15, 0.2) is 16.7 Å². The van der Waals surface area contributed by atoms with Crippen LogP contribution in [0.5, 0.6) is 11.5 Å². The summed E-state index contributed by atoms with van der Waals surface area (Å²) in [6.45, 7) is 0. The monoisotopic (exact) mass is 460 g/mol. The van der Waals surface area contributed by atoms with Crippen LogP contribution in [0.3, 0.4) is 0 Å². The van der Waals surface area contributed by atoms with Crippen LogP contribution in [0.15, 0.2) is 52.7 Å². The number of ether oxygens (including phenoxy) is 2. The molecular weight excluding hydrogens is 446 g/mol. The van der Waals surface area contributed by atoms with Crippen molar-refractivity contribution in [1.82, 2.24) is 5.32 Å². The number of amidine groups is 1. The largest absolute Gasteiger partial charge is 0.550 e. The van der Waals surface area contributed by atoms with Crippen LogP contribution in [0, 0.1) is 0 Å². The average Bonchev–Trinajstić information content (AvgIpc) is 3.07. The number of aliphatic carboxylic acids is 1. The fourth-order valence-electron chi connectivity index (χ4n) is 2.48. The number of halogens is 1. The number of methoxy groups -OCH3 is 1. The molecule has 1 fully saturated rings. The van der Waals surface area contributed by atoms with Gasteiger partial charge in [-0.2, -0.15) is 5.10 Å². The van der Waals surface area contributed by atoms with E-state index in [-0.39, 0.29) is 10.9 Å². The van der Waals surface area contributed by atoms with Crippen molar-refractivity contribution in [3.63, 3.8) is 0 Å². The van der Waals surface area contributed by atoms with Gasteiger partial charge in [0.1, 0.15) is 0 Å². The zero-order valence-electron chi connectivity index (χ0n) is 16.0. The summed E-state index contributed by atoms with van der Waals surface area (Å²) in [4.78, 5) is 34.6. The number of amides is 1. The Kier molecular flexibility index (Phi) is 7.27. The van der Waals surface area contributed by atoms with Gasteiger partial charge in [0.25, 0.3) is 0 Å². The Morgan fingerprint density at radius 2 is 1.97 bits per heavy atom. The van der Waals surface area contributed by atoms with E-state index in [2.05, 4.69) is 15.5 Å². The van der Waals surface area contributed by atoms with E-state index in [1.54, 1.807) is 42.5 Å². The quantitative estimate of drug-likeness (QED) is 0.287. The van der Waals surface area contributed by atoms with E-state index >= 15 is 0 Å². The van der Waals surface area contributed by atoms with E-state index in [0.717, 1.165) is 11.8 Å². The third kappa shape index (κ3) is 6.06. The molecule has 1 N–H and O–H groups in total. The molecule has 0 bridgehead atoms. The highest BCUT2D eigenvalue weighted by atomic mass is 35.5. The fourth-order valence-corrected chi connectivity index (χ4v) is 3.51. The maximum absolute atomic E-state index is 12.3. The van der Waals surface area contributed by atoms with E-state index in [1.807, 2.05) is 0 Å². The summed E-state index contributed by atoms with van der Waals surface area (Å²) in [7, 11) is 1.43. The summed E-state index contributed by atoms with van der Waals surface area (Å²) >= 11 is 6.78. The molecule has 9 nitrogen and oxygen atoms in total. The average molecular weight is 461 g/mol. The van der Waals surface area contributed by atoms with Crippen molar-refractivity contribution in [2.24, 2.45) is 10.2 Å². The maximum atomic E-state index is 12.3. The molecule has 160 valence electrons. The number of esters is 1. The first-order chi connectivity index (χ1) is 14.9. The number of nitrogens with one attached hydrogen (secondary N) is 1. The molecule has 3 rings (SSSR count). The first-order valence-corrected chi connectivity index (χ1v) is 10.1. The maximum Gasteiger partial charge on any atom is 0.343 e. The van der Waals surface area contributed by atoms with Gasteiger partial charge >= 0.3 is 5.97 Å². The van der Waals surface area contributed by atoms with E-state index in [9.17, 15) is 19.5 Å². The van der Waals surface area contributed by atoms with Gasteiger partial charge in [0, 0.05) is 17.4 Å². The van der Waals surface area contributed by atoms with E-state index in [1.165, 1.54) is 13.3 Å². The highest BCUT2D eigenvalue weighted by molar-refractivity contribution is 8.15. The Labute approximate surface area is 186 Å². The van der Waals surface area contributed by atoms with Gasteiger partial charge in [0.2, 0.25) is 5.91 Å². The standard InChI is InChI=1S/C20H16ClN3O6S/c1-29-15-8-11(10-22-24-20-23-18(27)16(31-20)9-17(25)26)2-7-14(15)30-19(28)12-3-5-13(21)6-4-12/h2-8,10,16H,9H2,1H3,(H,25,26)(H,23,24,27)/p-1/b22-10-/t16-/m0/s1. The lowest BCUT2D eigenvalue weighted by molar-refractivity contribution is -0.305. The second-order valence-electron chi connectivity index (χ2n) is 6.13. The lowest BCUT2D eigenvalue weighted by Crippen LogP contribution is -2.31. The summed E-state index contributed by atoms with van der Waals surface area (Å²) in [6, 6.07) is 11.0. The summed E-state index contributed by atoms with van der Waals surface area (Å²) < 4.78 is 10.6. The molecule has 0 unspecified atom stereocenters. The van der Waals surface area contributed by atoms with Crippen molar-refractivity contribution in [1.29, 1.82) is 0 Å². The topological polar surface area (TPSA) is 129 Å². The molecule has 1 saturated heterocycles. The second-order valence-corrected chi connectivity index (χ2v) is 7.76. The molecule has 11 heteroatoms. The number of rotatable bonds is 7. The van der Waals surface area contributed by atoms with Crippen LogP contribution in [0.25, 0.3) is 0 Å². The Morgan fingerprint density at radius 3 is 2.65 bits per heavy atom. The highest BCUT2D eigenvalue weighted by Crippen LogP contribution is 2.28. The lowest BCUT2D eigenvalue weighted by Gasteiger charge is -2.10. The van der Waals surface area contributed by atoms with Gasteiger partial charge in [-0.05, 0) is 48.0 Å². The Balaban J connectivity index is 1.67. The van der Waals surface area contributed by atoms with Crippen LogP contribution in [-0.2, 0) is 9.59 Å². The molecule has 2 aromatic rings. The first-order valence-electron chi connectivity index (χ1n) is 8.80. The van der Waals surface area contributed by atoms with Gasteiger partial charge < -0.3 is 24.7 Å². The minimum atomic E-state index is -1.32. The minimum Gasteiger partial charge on any atom is -0.550 e. The zero-order valence-corrected chi connectivity index (χ0v) is 17.6. The molecule has 1 amide bonds. The van der Waals surface area contributed by atoms with Gasteiger partial charge in [-0.1, -0.05) is 23.4 Å². The SMILES string of the molecule is COc1cc(/C=N\N=C2/NC(=O)[C@H](CC(=O)[O-])S2)ccc1OC(=O)c1ccc(Cl)cc1. The Morgan fingerprint density at radius 1 is 1.23 bits per heavy atom. The molecule has 1 aliphatic heterocycles. The fraction of sp³-hybridized carbons (Fsp3) is 0.150. The number of carbonyl (C=O) groups excluding carboxylic acids is 3. The zero-order chi connectivity index (χ0) is 22.4. The number of carbonyl (C=O) groups is 3. The van der Waals surface area contributed by atoms with E-state index < -0.39 is 29.5 Å². The molecule has 1 atom stereocenters. The smallest absolute Gasteiger partial charge is 0.343 e. The number of hydrogen-bond acceptors (Lipinski definition) is 9. The van der Waals surface area contributed by atoms with E-state index in [0.29, 0.717) is 21.9 Å². The molecule has 0 saturated carbocycles. The first kappa shape index (κ1) is 22.3. The molecular formula is C20H15ClN3O6S-. The summed E-state index contributed by atoms with van der Waals surface area (Å²) in [6.07, 6.45) is 0.992. The van der Waals surface area contributed by atoms with Crippen LogP contribution in [0.1, 0.15) is 22.3 Å². The van der Waals surface area contributed by atoms with Crippen LogP contribution in [0.2, 0.25) is 5.02 Å². The van der Waals surface area contributed by atoms with E-state index in [4.69, 9.17) is 21.1 Å². The summed E-state index contributed by atoms with van der Waals surface area (Å²) in [5.41, 5.74) is 0.925. The predicted molar refractivity (Wildman–Crippen MR) is 114 cm³/mol. The predicted octanol–water partition coefficient (Wildman–Crippen LogP) is 1.63. The number of thioether (sulfide) groups is 1. The van der Waals surface area contributed by atoms with Gasteiger partial charge in [-0.3, -0.25) is 4.79 Å². The minimum absolute atomic E-state index is 0.188. The number of nitrogens with zero attached hydrogens (tertiary/aromatic N) is 2. The van der Waals surface area contributed by atoms with Crippen LogP contribution in [0.4, 0.5) is 0 Å². The van der Waals surface area contributed by atoms with Crippen molar-refractivity contribution in [3.8, 4) is 11.5 Å². The van der Waals surface area contributed by atoms with Crippen LogP contribution < -0.4 is 19.9 Å². The van der Waals surface area contributed by atoms with Crippen LogP contribution in [-0.4, -0.2) is 41.6 Å². The third-order valence-corrected chi connectivity index (χ3v) is 5.28. The Bertz CT molecular complexity index is 1070. The summed E-state index contributed by atoms with van der Waals surface area (Å²) in [5, 5.41) is 20.7. The number of hydrogen-bond donors (Lipinski definition) is 1. The molecule has 2 aromatic carbocycles. The second kappa shape index (κ2) is 10.1. The number of carboxylic acid groups (broad SMARTS) is 1. The molecule has 0 radical (unpaired) electrons. The van der Waals surface area contributed by atoms with Gasteiger partial charge in [-0.25, -0.2) is 4.79 Å². The van der Waals surface area contributed by atoms with Crippen molar-refractivity contribution < 1.29 is 29.0 Å².